The highest BCUT2D eigenvalue weighted by atomic mass is 16.8. The van der Waals surface area contributed by atoms with Crippen LogP contribution in [0.4, 0.5) is 0 Å². The Kier molecular flexibility index (Phi) is 12.1. The van der Waals surface area contributed by atoms with E-state index in [0.29, 0.717) is 43.9 Å². The zero-order chi connectivity index (χ0) is 37.9. The number of hydrogen-bond donors (Lipinski definition) is 8. The topological polar surface area (TPSA) is 233 Å². The average molecular weight is 741 g/mol. The van der Waals surface area contributed by atoms with Gasteiger partial charge in [-0.2, -0.15) is 0 Å². The maximum atomic E-state index is 13.7. The molecule has 0 aromatic heterocycles. The van der Waals surface area contributed by atoms with E-state index >= 15 is 0 Å². The second kappa shape index (κ2) is 15.6. The van der Waals surface area contributed by atoms with E-state index in [4.69, 9.17) is 18.9 Å². The van der Waals surface area contributed by atoms with Crippen LogP contribution in [0.1, 0.15) is 85.5 Å². The Morgan fingerprint density at radius 1 is 0.885 bits per heavy atom. The SMILES string of the molecule is CC(CO)CCC(=O)C(C)C1C(=O)CC2C3CC=C4CC(OC5OC(CO)C(O)C(O)C5OC5OC(O)C(O)C(O)C5O)CCC4(C)C3CCC21C. The minimum atomic E-state index is -1.89. The molecule has 2 heterocycles. The summed E-state index contributed by atoms with van der Waals surface area (Å²) in [7, 11) is 0. The lowest BCUT2D eigenvalue weighted by Gasteiger charge is -2.58. The molecule has 0 spiro atoms. The fourth-order valence-electron chi connectivity index (χ4n) is 10.9. The molecule has 14 nitrogen and oxygen atoms in total. The van der Waals surface area contributed by atoms with E-state index in [-0.39, 0.29) is 52.7 Å². The largest absolute Gasteiger partial charge is 0.396 e. The molecule has 2 saturated heterocycles. The van der Waals surface area contributed by atoms with Crippen LogP contribution in [0.25, 0.3) is 0 Å². The van der Waals surface area contributed by atoms with E-state index in [1.165, 1.54) is 5.57 Å². The second-order valence-corrected chi connectivity index (χ2v) is 17.2. The first-order valence-corrected chi connectivity index (χ1v) is 19.2. The molecule has 0 bridgehead atoms. The highest BCUT2D eigenvalue weighted by Crippen LogP contribution is 2.66. The molecule has 8 N–H and O–H groups in total. The third-order valence-corrected chi connectivity index (χ3v) is 14.2. The average Bonchev–Trinajstić information content (AvgIpc) is 3.40. The Morgan fingerprint density at radius 2 is 1.62 bits per heavy atom. The number of fused-ring (bicyclic) bond motifs is 5. The summed E-state index contributed by atoms with van der Waals surface area (Å²) in [6, 6.07) is 0. The molecule has 14 heteroatoms. The van der Waals surface area contributed by atoms with Crippen molar-refractivity contribution in [1.82, 2.24) is 0 Å². The zero-order valence-electron chi connectivity index (χ0n) is 30.7. The number of ether oxygens (including phenoxy) is 4. The molecule has 4 aliphatic carbocycles. The van der Waals surface area contributed by atoms with E-state index in [1.807, 2.05) is 13.8 Å². The third kappa shape index (κ3) is 7.09. The normalized spacial score (nSPS) is 49.0. The fraction of sp³-hybridized carbons (Fsp3) is 0.895. The number of aliphatic hydroxyl groups is 8. The molecule has 6 aliphatic rings. The van der Waals surface area contributed by atoms with Gasteiger partial charge >= 0.3 is 0 Å². The Hall–Kier alpha value is -1.40. The van der Waals surface area contributed by atoms with Gasteiger partial charge in [0.25, 0.3) is 0 Å². The van der Waals surface area contributed by atoms with Gasteiger partial charge in [0.05, 0.1) is 12.7 Å². The van der Waals surface area contributed by atoms with Gasteiger partial charge in [-0.25, -0.2) is 0 Å². The third-order valence-electron chi connectivity index (χ3n) is 14.2. The van der Waals surface area contributed by atoms with Crippen LogP contribution >= 0.6 is 0 Å². The van der Waals surface area contributed by atoms with E-state index < -0.39 is 74.3 Å². The van der Waals surface area contributed by atoms with Gasteiger partial charge in [0, 0.05) is 31.3 Å². The predicted molar refractivity (Wildman–Crippen MR) is 182 cm³/mol. The van der Waals surface area contributed by atoms with Crippen LogP contribution in [-0.2, 0) is 28.5 Å². The maximum Gasteiger partial charge on any atom is 0.189 e. The van der Waals surface area contributed by atoms with Gasteiger partial charge in [-0.05, 0) is 79.4 Å². The van der Waals surface area contributed by atoms with Crippen LogP contribution in [0, 0.1) is 46.3 Å². The molecule has 0 aromatic carbocycles. The van der Waals surface area contributed by atoms with Crippen LogP contribution in [0.5, 0.6) is 0 Å². The van der Waals surface area contributed by atoms with Gasteiger partial charge in [-0.1, -0.05) is 39.3 Å². The van der Waals surface area contributed by atoms with Crippen molar-refractivity contribution >= 4 is 11.6 Å². The lowest BCUT2D eigenvalue weighted by Crippen LogP contribution is -2.64. The monoisotopic (exact) mass is 740 g/mol. The molecule has 3 saturated carbocycles. The van der Waals surface area contributed by atoms with Crippen molar-refractivity contribution in [3.63, 3.8) is 0 Å². The quantitative estimate of drug-likeness (QED) is 0.134. The van der Waals surface area contributed by atoms with Gasteiger partial charge in [0.15, 0.2) is 18.9 Å². The molecule has 296 valence electrons. The fourth-order valence-corrected chi connectivity index (χ4v) is 10.9. The molecule has 0 amide bonds. The highest BCUT2D eigenvalue weighted by molar-refractivity contribution is 5.92. The minimum Gasteiger partial charge on any atom is -0.396 e. The number of hydrogen-bond acceptors (Lipinski definition) is 14. The van der Waals surface area contributed by atoms with Gasteiger partial charge in [-0.15, -0.1) is 0 Å². The lowest BCUT2D eigenvalue weighted by molar-refractivity contribution is -0.388. The first kappa shape index (κ1) is 40.3. The van der Waals surface area contributed by atoms with Crippen LogP contribution in [0.2, 0.25) is 0 Å². The summed E-state index contributed by atoms with van der Waals surface area (Å²) in [5, 5.41) is 81.5. The molecule has 2 aliphatic heterocycles. The van der Waals surface area contributed by atoms with Crippen molar-refractivity contribution in [2.45, 2.75) is 153 Å². The van der Waals surface area contributed by atoms with E-state index in [0.717, 1.165) is 25.7 Å². The minimum absolute atomic E-state index is 0.0413. The van der Waals surface area contributed by atoms with E-state index in [1.54, 1.807) is 0 Å². The summed E-state index contributed by atoms with van der Waals surface area (Å²) in [6.45, 7) is 7.80. The smallest absolute Gasteiger partial charge is 0.189 e. The number of ketones is 2. The van der Waals surface area contributed by atoms with E-state index in [2.05, 4.69) is 19.9 Å². The van der Waals surface area contributed by atoms with Gasteiger partial charge in [0.2, 0.25) is 0 Å². The summed E-state index contributed by atoms with van der Waals surface area (Å²) >= 11 is 0. The highest BCUT2D eigenvalue weighted by Gasteiger charge is 2.62. The number of aliphatic hydroxyl groups excluding tert-OH is 8. The molecule has 19 atom stereocenters. The first-order chi connectivity index (χ1) is 24.5. The van der Waals surface area contributed by atoms with Crippen molar-refractivity contribution in [2.24, 2.45) is 46.3 Å². The second-order valence-electron chi connectivity index (χ2n) is 17.2. The molecular formula is C38H60O14. The standard InChI is InChI=1S/C38H60O14/c1-17(15-39)5-8-24(41)18(2)27-25(42)14-23-21-7-6-19-13-20(9-11-37(19,3)22(21)10-12-38(23,27)4)49-36-33(30(45)28(43)26(16-40)50-36)51-35-32(47)29(44)31(46)34(48)52-35/h6,17-18,20-23,26-36,39-40,43-48H,5,7-16H2,1-4H3. The molecule has 6 rings (SSSR count). The van der Waals surface area contributed by atoms with Gasteiger partial charge < -0.3 is 59.8 Å². The predicted octanol–water partition coefficient (Wildman–Crippen LogP) is 0.325. The number of carbonyl (C=O) groups excluding carboxylic acids is 2. The van der Waals surface area contributed by atoms with E-state index in [9.17, 15) is 50.4 Å². The van der Waals surface area contributed by atoms with Crippen LogP contribution in [0.15, 0.2) is 11.6 Å². The molecular weight excluding hydrogens is 680 g/mol. The van der Waals surface area contributed by atoms with Crippen LogP contribution < -0.4 is 0 Å². The molecule has 0 radical (unpaired) electrons. The maximum absolute atomic E-state index is 13.7. The van der Waals surface area contributed by atoms with Crippen LogP contribution in [-0.4, -0.2) is 133 Å². The van der Waals surface area contributed by atoms with Crippen molar-refractivity contribution in [2.75, 3.05) is 13.2 Å². The number of rotatable bonds is 11. The summed E-state index contributed by atoms with van der Waals surface area (Å²) in [5.41, 5.74) is 0.863. The Morgan fingerprint density at radius 3 is 2.31 bits per heavy atom. The molecule has 5 fully saturated rings. The van der Waals surface area contributed by atoms with Crippen molar-refractivity contribution < 1.29 is 69.4 Å². The molecule has 0 aromatic rings. The molecule has 19 unspecified atom stereocenters. The number of Topliss-reactive ketones (excluding diaryl/α,β-unsaturated/α-hetero) is 2. The summed E-state index contributed by atoms with van der Waals surface area (Å²) in [6.07, 6.45) is -8.25. The summed E-state index contributed by atoms with van der Waals surface area (Å²) in [4.78, 5) is 27.0. The van der Waals surface area contributed by atoms with Crippen LogP contribution in [0.3, 0.4) is 0 Å². The lowest BCUT2D eigenvalue weighted by atomic mass is 9.47. The molecule has 52 heavy (non-hydrogen) atoms. The Labute approximate surface area is 305 Å². The summed E-state index contributed by atoms with van der Waals surface area (Å²) in [5.74, 6) is 0.558. The number of carbonyl (C=O) groups is 2. The number of allylic oxidation sites excluding steroid dienone is 1. The summed E-state index contributed by atoms with van der Waals surface area (Å²) < 4.78 is 23.2. The first-order valence-electron chi connectivity index (χ1n) is 19.2. The Bertz CT molecular complexity index is 1330. The van der Waals surface area contributed by atoms with Gasteiger partial charge in [-0.3, -0.25) is 9.59 Å². The Balaban J connectivity index is 1.15. The van der Waals surface area contributed by atoms with Crippen molar-refractivity contribution in [3.8, 4) is 0 Å². The van der Waals surface area contributed by atoms with Crippen molar-refractivity contribution in [3.05, 3.63) is 11.6 Å². The van der Waals surface area contributed by atoms with Gasteiger partial charge in [0.1, 0.15) is 54.3 Å². The van der Waals surface area contributed by atoms with Crippen molar-refractivity contribution in [1.29, 1.82) is 0 Å². The zero-order valence-corrected chi connectivity index (χ0v) is 30.7.